The first-order chi connectivity index (χ1) is 14.3. The van der Waals surface area contributed by atoms with Gasteiger partial charge in [-0.05, 0) is 36.2 Å². The van der Waals surface area contributed by atoms with Crippen LogP contribution in [0.3, 0.4) is 0 Å². The van der Waals surface area contributed by atoms with E-state index in [-0.39, 0.29) is 12.1 Å². The lowest BCUT2D eigenvalue weighted by atomic mass is 9.85. The number of nitrogens with zero attached hydrogens (tertiary/aromatic N) is 1. The molecule has 0 radical (unpaired) electrons. The van der Waals surface area contributed by atoms with Crippen LogP contribution >= 0.6 is 0 Å². The Balaban J connectivity index is 1.82. The molecule has 1 fully saturated rings. The van der Waals surface area contributed by atoms with Crippen LogP contribution in [0.15, 0.2) is 42.5 Å². The van der Waals surface area contributed by atoms with Crippen LogP contribution in [0.1, 0.15) is 31.7 Å². The molecule has 0 saturated carbocycles. The van der Waals surface area contributed by atoms with Gasteiger partial charge < -0.3 is 10.6 Å². The van der Waals surface area contributed by atoms with Crippen molar-refractivity contribution in [1.29, 1.82) is 0 Å². The Labute approximate surface area is 171 Å². The maximum Gasteiger partial charge on any atom is 0.325 e. The van der Waals surface area contributed by atoms with Crippen molar-refractivity contribution in [2.45, 2.75) is 31.7 Å². The monoisotopic (exact) mass is 419 g/mol. The van der Waals surface area contributed by atoms with Gasteiger partial charge in [0, 0.05) is 6.07 Å². The van der Waals surface area contributed by atoms with Gasteiger partial charge in [0.25, 0.3) is 5.91 Å². The van der Waals surface area contributed by atoms with E-state index < -0.39 is 47.4 Å². The van der Waals surface area contributed by atoms with E-state index in [0.29, 0.717) is 18.1 Å². The summed E-state index contributed by atoms with van der Waals surface area (Å²) in [5, 5.41) is 4.86. The summed E-state index contributed by atoms with van der Waals surface area (Å²) in [6.07, 6.45) is 1.62. The zero-order chi connectivity index (χ0) is 21.9. The van der Waals surface area contributed by atoms with Crippen molar-refractivity contribution in [3.63, 3.8) is 0 Å². The van der Waals surface area contributed by atoms with Crippen molar-refractivity contribution in [2.75, 3.05) is 11.9 Å². The van der Waals surface area contributed by atoms with Gasteiger partial charge in [-0.3, -0.25) is 14.5 Å². The lowest BCUT2D eigenvalue weighted by Gasteiger charge is -2.27. The topological polar surface area (TPSA) is 78.5 Å². The molecule has 2 N–H and O–H groups in total. The maximum absolute atomic E-state index is 13.7. The molecular weight excluding hydrogens is 399 g/mol. The van der Waals surface area contributed by atoms with Gasteiger partial charge in [-0.15, -0.1) is 0 Å². The lowest BCUT2D eigenvalue weighted by Crippen LogP contribution is -2.44. The zero-order valence-electron chi connectivity index (χ0n) is 16.2. The van der Waals surface area contributed by atoms with Crippen molar-refractivity contribution in [3.8, 4) is 0 Å². The van der Waals surface area contributed by atoms with Gasteiger partial charge in [0.1, 0.15) is 29.5 Å². The summed E-state index contributed by atoms with van der Waals surface area (Å²) >= 11 is 0. The summed E-state index contributed by atoms with van der Waals surface area (Å²) in [5.41, 5.74) is -1.28. The second-order valence-corrected chi connectivity index (χ2v) is 7.01. The molecule has 0 spiro atoms. The van der Waals surface area contributed by atoms with Gasteiger partial charge in [-0.1, -0.05) is 31.9 Å². The lowest BCUT2D eigenvalue weighted by molar-refractivity contribution is -0.134. The summed E-state index contributed by atoms with van der Waals surface area (Å²) in [6, 6.07) is 7.05. The predicted octanol–water partition coefficient (Wildman–Crippen LogP) is 3.68. The Kier molecular flexibility index (Phi) is 6.09. The Morgan fingerprint density at radius 3 is 2.37 bits per heavy atom. The van der Waals surface area contributed by atoms with Crippen LogP contribution in [0.4, 0.5) is 23.7 Å². The minimum atomic E-state index is -1.41. The molecule has 158 valence electrons. The number of carbonyl (C=O) groups is 3. The first-order valence-corrected chi connectivity index (χ1v) is 9.42. The number of unbranched alkanes of at least 4 members (excludes halogenated alkanes) is 1. The van der Waals surface area contributed by atoms with Gasteiger partial charge >= 0.3 is 6.03 Å². The molecule has 1 heterocycles. The van der Waals surface area contributed by atoms with Crippen molar-refractivity contribution in [3.05, 3.63) is 65.5 Å². The molecule has 2 aromatic carbocycles. The normalized spacial score (nSPS) is 18.5. The van der Waals surface area contributed by atoms with Crippen molar-refractivity contribution < 1.29 is 27.6 Å². The van der Waals surface area contributed by atoms with Crippen molar-refractivity contribution >= 4 is 23.5 Å². The fraction of sp³-hybridized carbons (Fsp3) is 0.286. The molecule has 6 nitrogen and oxygen atoms in total. The van der Waals surface area contributed by atoms with Gasteiger partial charge in [0.2, 0.25) is 5.91 Å². The van der Waals surface area contributed by atoms with Crippen LogP contribution in [0.25, 0.3) is 0 Å². The number of imide groups is 1. The van der Waals surface area contributed by atoms with E-state index in [9.17, 15) is 27.6 Å². The van der Waals surface area contributed by atoms with E-state index in [1.165, 1.54) is 24.3 Å². The zero-order valence-corrected chi connectivity index (χ0v) is 16.2. The number of carbonyl (C=O) groups excluding carboxylic acids is 3. The number of hydrogen-bond acceptors (Lipinski definition) is 3. The number of nitrogens with one attached hydrogen (secondary N) is 2. The Hall–Kier alpha value is -3.36. The number of amides is 4. The highest BCUT2D eigenvalue weighted by molar-refractivity contribution is 6.10. The Morgan fingerprint density at radius 2 is 1.73 bits per heavy atom. The Bertz CT molecular complexity index is 981. The van der Waals surface area contributed by atoms with Crippen molar-refractivity contribution in [1.82, 2.24) is 10.2 Å². The molecule has 1 aliphatic heterocycles. The highest BCUT2D eigenvalue weighted by atomic mass is 19.1. The van der Waals surface area contributed by atoms with E-state index >= 15 is 0 Å². The summed E-state index contributed by atoms with van der Waals surface area (Å²) in [4.78, 5) is 38.7. The molecule has 3 rings (SSSR count). The quantitative estimate of drug-likeness (QED) is 0.672. The number of hydrogen-bond donors (Lipinski definition) is 2. The molecule has 1 atom stereocenters. The molecular formula is C21H20F3N3O3. The second kappa shape index (κ2) is 8.56. The van der Waals surface area contributed by atoms with E-state index in [4.69, 9.17) is 0 Å². The molecule has 4 amide bonds. The third kappa shape index (κ3) is 4.14. The van der Waals surface area contributed by atoms with Crippen LogP contribution in [0, 0.1) is 17.5 Å². The highest BCUT2D eigenvalue weighted by Gasteiger charge is 2.52. The average molecular weight is 419 g/mol. The molecule has 2 aromatic rings. The largest absolute Gasteiger partial charge is 0.325 e. The van der Waals surface area contributed by atoms with Crippen LogP contribution in [0.2, 0.25) is 0 Å². The third-order valence-corrected chi connectivity index (χ3v) is 4.93. The number of anilines is 1. The molecule has 1 aliphatic rings. The Morgan fingerprint density at radius 1 is 1.07 bits per heavy atom. The molecule has 0 bridgehead atoms. The smallest absolute Gasteiger partial charge is 0.322 e. The molecule has 9 heteroatoms. The fourth-order valence-electron chi connectivity index (χ4n) is 3.38. The predicted molar refractivity (Wildman–Crippen MR) is 103 cm³/mol. The van der Waals surface area contributed by atoms with Crippen molar-refractivity contribution in [2.24, 2.45) is 0 Å². The van der Waals surface area contributed by atoms with Crippen LogP contribution < -0.4 is 10.6 Å². The third-order valence-electron chi connectivity index (χ3n) is 4.93. The summed E-state index contributed by atoms with van der Waals surface area (Å²) in [7, 11) is 0. The maximum atomic E-state index is 13.7. The van der Waals surface area contributed by atoms with Gasteiger partial charge in [0.05, 0.1) is 5.69 Å². The summed E-state index contributed by atoms with van der Waals surface area (Å²) in [6.45, 7) is 1.26. The average Bonchev–Trinajstić information content (AvgIpc) is 2.94. The van der Waals surface area contributed by atoms with E-state index in [2.05, 4.69) is 10.6 Å². The van der Waals surface area contributed by atoms with Crippen LogP contribution in [-0.2, 0) is 15.1 Å². The molecule has 0 aromatic heterocycles. The van der Waals surface area contributed by atoms with Gasteiger partial charge in [-0.2, -0.15) is 0 Å². The van der Waals surface area contributed by atoms with E-state index in [1.807, 2.05) is 6.92 Å². The standard InChI is InChI=1S/C21H20F3N3O3/c1-2-3-10-21(13-4-6-14(22)7-5-13)19(29)27(20(30)26-21)12-18(28)25-17-9-8-15(23)11-16(17)24/h4-9,11H,2-3,10,12H2,1H3,(H,25,28)(H,26,30)/t21-/m1/s1. The number of rotatable bonds is 7. The first-order valence-electron chi connectivity index (χ1n) is 9.42. The number of urea groups is 1. The minimum absolute atomic E-state index is 0.268. The van der Waals surface area contributed by atoms with Crippen LogP contribution in [0.5, 0.6) is 0 Å². The van der Waals surface area contributed by atoms with E-state index in [0.717, 1.165) is 23.5 Å². The molecule has 0 aliphatic carbocycles. The van der Waals surface area contributed by atoms with Crippen LogP contribution in [-0.4, -0.2) is 29.3 Å². The SMILES string of the molecule is CCCC[C@]1(c2ccc(F)cc2)NC(=O)N(CC(=O)Nc2ccc(F)cc2F)C1=O. The molecule has 30 heavy (non-hydrogen) atoms. The second-order valence-electron chi connectivity index (χ2n) is 7.01. The number of benzene rings is 2. The highest BCUT2D eigenvalue weighted by Crippen LogP contribution is 2.34. The van der Waals surface area contributed by atoms with E-state index in [1.54, 1.807) is 0 Å². The minimum Gasteiger partial charge on any atom is -0.322 e. The molecule has 0 unspecified atom stereocenters. The van der Waals surface area contributed by atoms with Gasteiger partial charge in [-0.25, -0.2) is 18.0 Å². The molecule has 1 saturated heterocycles. The summed E-state index contributed by atoms with van der Waals surface area (Å²) in [5.74, 6) is -3.75. The first kappa shape index (κ1) is 21.4. The fourth-order valence-corrected chi connectivity index (χ4v) is 3.38. The number of halogens is 3. The summed E-state index contributed by atoms with van der Waals surface area (Å²) < 4.78 is 40.1. The van der Waals surface area contributed by atoms with Gasteiger partial charge in [0.15, 0.2) is 0 Å².